The number of hydrogen-bond donors (Lipinski definition) is 1. The summed E-state index contributed by atoms with van der Waals surface area (Å²) < 4.78 is 27.9. The van der Waals surface area contributed by atoms with Gasteiger partial charge in [-0.3, -0.25) is 0 Å². The van der Waals surface area contributed by atoms with Crippen molar-refractivity contribution < 1.29 is 24.1 Å². The van der Waals surface area contributed by atoms with Crippen LogP contribution in [0.5, 0.6) is 0 Å². The Balaban J connectivity index is 1.27. The third-order valence-corrected chi connectivity index (χ3v) is 12.8. The van der Waals surface area contributed by atoms with Gasteiger partial charge < -0.3 is 24.1 Å². The summed E-state index contributed by atoms with van der Waals surface area (Å²) in [6.45, 7) is 12.7. The van der Waals surface area contributed by atoms with Crippen molar-refractivity contribution in [3.63, 3.8) is 0 Å². The monoisotopic (exact) mass is 593 g/mol. The van der Waals surface area contributed by atoms with Crippen LogP contribution in [0.1, 0.15) is 96.7 Å². The molecular weight excluding hydrogens is 542 g/mol. The molecule has 2 unspecified atom stereocenters. The molecule has 1 N–H and O–H groups in total. The van der Waals surface area contributed by atoms with Gasteiger partial charge in [-0.25, -0.2) is 4.68 Å². The van der Waals surface area contributed by atoms with Crippen molar-refractivity contribution in [3.05, 3.63) is 47.8 Å². The van der Waals surface area contributed by atoms with Crippen LogP contribution in [0.2, 0.25) is 0 Å². The fraction of sp³-hybridized carbons (Fsp3) is 0.771. The molecule has 1 aliphatic heterocycles. The average Bonchev–Trinajstić information content (AvgIpc) is 3.52. The van der Waals surface area contributed by atoms with Crippen LogP contribution in [-0.2, 0) is 25.5 Å². The van der Waals surface area contributed by atoms with Crippen molar-refractivity contribution >= 4 is 0 Å². The van der Waals surface area contributed by atoms with Crippen LogP contribution in [0.15, 0.2) is 36.5 Å². The van der Waals surface area contributed by atoms with Crippen molar-refractivity contribution in [2.45, 2.75) is 115 Å². The number of aliphatic hydroxyl groups is 1. The third-order valence-electron chi connectivity index (χ3n) is 12.8. The summed E-state index contributed by atoms with van der Waals surface area (Å²) in [4.78, 5) is 0. The van der Waals surface area contributed by atoms with E-state index >= 15 is 0 Å². The highest BCUT2D eigenvalue weighted by Gasteiger charge is 2.76. The first-order chi connectivity index (χ1) is 20.5. The normalized spacial score (nSPS) is 45.1. The van der Waals surface area contributed by atoms with Crippen LogP contribution in [0, 0.1) is 34.5 Å². The van der Waals surface area contributed by atoms with Gasteiger partial charge in [-0.05, 0) is 88.0 Å². The molecule has 4 saturated carbocycles. The molecule has 4 aliphatic carbocycles. The minimum absolute atomic E-state index is 0.0424. The molecule has 43 heavy (non-hydrogen) atoms. The van der Waals surface area contributed by atoms with Crippen molar-refractivity contribution in [1.82, 2.24) is 15.0 Å². The van der Waals surface area contributed by atoms with Crippen LogP contribution in [0.3, 0.4) is 0 Å². The number of aromatic nitrogens is 3. The van der Waals surface area contributed by atoms with E-state index in [1.165, 1.54) is 5.56 Å². The molecule has 0 radical (unpaired) electrons. The maximum atomic E-state index is 12.6. The van der Waals surface area contributed by atoms with E-state index in [2.05, 4.69) is 56.4 Å². The fourth-order valence-corrected chi connectivity index (χ4v) is 11.4. The number of fused-ring (bicyclic) bond motifs is 3. The Bertz CT molecular complexity index is 1320. The molecule has 2 aromatic rings. The Morgan fingerprint density at radius 3 is 2.63 bits per heavy atom. The average molecular weight is 594 g/mol. The number of rotatable bonds is 6. The van der Waals surface area contributed by atoms with Crippen molar-refractivity contribution in [1.29, 1.82) is 0 Å². The fourth-order valence-electron chi connectivity index (χ4n) is 11.4. The van der Waals surface area contributed by atoms with Crippen molar-refractivity contribution in [3.8, 4) is 0 Å². The largest absolute Gasteiger partial charge is 0.389 e. The zero-order valence-electron chi connectivity index (χ0n) is 26.9. The Labute approximate surface area is 256 Å². The molecule has 1 spiro atoms. The number of methoxy groups -OCH3 is 1. The van der Waals surface area contributed by atoms with Gasteiger partial charge in [-0.1, -0.05) is 56.3 Å². The highest BCUT2D eigenvalue weighted by molar-refractivity contribution is 5.28. The number of nitrogens with zero attached hydrogens (tertiary/aromatic N) is 3. The molecule has 7 rings (SSSR count). The van der Waals surface area contributed by atoms with Gasteiger partial charge in [0.2, 0.25) is 0 Å². The molecule has 8 heteroatoms. The van der Waals surface area contributed by atoms with E-state index in [0.717, 1.165) is 50.6 Å². The third kappa shape index (κ3) is 4.33. The Hall–Kier alpha value is -1.84. The van der Waals surface area contributed by atoms with Gasteiger partial charge in [0.05, 0.1) is 41.6 Å². The summed E-state index contributed by atoms with van der Waals surface area (Å²) in [6, 6.07) is 10.4. The van der Waals surface area contributed by atoms with Crippen LogP contribution in [0.25, 0.3) is 0 Å². The van der Waals surface area contributed by atoms with E-state index in [-0.39, 0.29) is 36.1 Å². The van der Waals surface area contributed by atoms with Gasteiger partial charge in [-0.2, -0.15) is 0 Å². The van der Waals surface area contributed by atoms with Gasteiger partial charge >= 0.3 is 0 Å². The summed E-state index contributed by atoms with van der Waals surface area (Å²) in [6.07, 6.45) is 8.50. The molecular formula is C35H51N3O5. The maximum absolute atomic E-state index is 12.6. The second-order valence-corrected chi connectivity index (χ2v) is 15.5. The molecule has 1 saturated heterocycles. The Morgan fingerprint density at radius 1 is 1.07 bits per heavy atom. The molecule has 1 aromatic heterocycles. The lowest BCUT2D eigenvalue weighted by atomic mass is 9.38. The van der Waals surface area contributed by atoms with Crippen LogP contribution < -0.4 is 0 Å². The second kappa shape index (κ2) is 10.3. The van der Waals surface area contributed by atoms with Gasteiger partial charge in [0.25, 0.3) is 0 Å². The molecule has 2 heterocycles. The predicted octanol–water partition coefficient (Wildman–Crippen LogP) is 5.93. The highest BCUT2D eigenvalue weighted by atomic mass is 16.7. The Morgan fingerprint density at radius 2 is 1.86 bits per heavy atom. The molecule has 1 aromatic carbocycles. The quantitative estimate of drug-likeness (QED) is 0.415. The van der Waals surface area contributed by atoms with E-state index in [4.69, 9.17) is 24.0 Å². The topological polar surface area (TPSA) is 87.9 Å². The molecule has 236 valence electrons. The summed E-state index contributed by atoms with van der Waals surface area (Å²) >= 11 is 0. The van der Waals surface area contributed by atoms with E-state index in [1.54, 1.807) is 7.11 Å². The molecule has 5 aliphatic rings. The molecule has 0 amide bonds. The first kappa shape index (κ1) is 29.8. The summed E-state index contributed by atoms with van der Waals surface area (Å²) in [5, 5.41) is 22.0. The maximum Gasteiger partial charge on any atom is 0.163 e. The number of ether oxygens (including phenoxy) is 4. The zero-order valence-corrected chi connectivity index (χ0v) is 26.9. The van der Waals surface area contributed by atoms with Gasteiger partial charge in [0.1, 0.15) is 6.79 Å². The van der Waals surface area contributed by atoms with Crippen LogP contribution in [-0.4, -0.2) is 63.7 Å². The first-order valence-electron chi connectivity index (χ1n) is 16.6. The summed E-state index contributed by atoms with van der Waals surface area (Å²) in [5.74, 6) is 0.816. The molecule has 10 atom stereocenters. The van der Waals surface area contributed by atoms with E-state index in [9.17, 15) is 5.11 Å². The standard InChI is InChI=1S/C35H51N3O5/c1-23-16-29-34(21-41-31(3,4)43-29)30-24(2)18-32(5)26(28-20-38(37-36-28)19-25-10-8-7-9-11-25)13-15-35(32,42-22-40-6)27(30)12-14-33(34,39)17-23/h7-11,20,23-24,26-27,29-30,39H,12-19,21-22H2,1-6H3/t23-,24+,26+,27?,29+,30?,32+,33-,34+,35-/m0/s1. The smallest absolute Gasteiger partial charge is 0.163 e. The van der Waals surface area contributed by atoms with E-state index in [0.29, 0.717) is 25.0 Å². The lowest BCUT2D eigenvalue weighted by molar-refractivity contribution is -0.399. The minimum atomic E-state index is -0.810. The number of benzene rings is 1. The van der Waals surface area contributed by atoms with Gasteiger partial charge in [0, 0.05) is 24.6 Å². The van der Waals surface area contributed by atoms with Gasteiger partial charge in [-0.15, -0.1) is 5.10 Å². The van der Waals surface area contributed by atoms with E-state index in [1.807, 2.05) is 24.6 Å². The highest BCUT2D eigenvalue weighted by Crippen LogP contribution is 2.74. The second-order valence-electron chi connectivity index (χ2n) is 15.5. The SMILES string of the molecule is COCO[C@]12CC[C@H](c3cn(Cc4ccccc4)nn3)[C@@]1(C)C[C@@H](C)C1C2CC[C@]2(O)C[C@@H](C)C[C@H]3OC(C)(C)OC[C@]132. The summed E-state index contributed by atoms with van der Waals surface area (Å²) in [7, 11) is 1.72. The molecule has 0 bridgehead atoms. The summed E-state index contributed by atoms with van der Waals surface area (Å²) in [5.41, 5.74) is 0.458. The minimum Gasteiger partial charge on any atom is -0.389 e. The zero-order chi connectivity index (χ0) is 30.3. The molecule has 5 fully saturated rings. The first-order valence-corrected chi connectivity index (χ1v) is 16.6. The van der Waals surface area contributed by atoms with Crippen LogP contribution in [0.4, 0.5) is 0 Å². The van der Waals surface area contributed by atoms with Crippen molar-refractivity contribution in [2.24, 2.45) is 34.5 Å². The van der Waals surface area contributed by atoms with Crippen molar-refractivity contribution in [2.75, 3.05) is 20.5 Å². The van der Waals surface area contributed by atoms with Crippen LogP contribution >= 0.6 is 0 Å². The number of hydrogen-bond acceptors (Lipinski definition) is 7. The Kier molecular flexibility index (Phi) is 7.18. The molecule has 8 nitrogen and oxygen atoms in total. The van der Waals surface area contributed by atoms with Gasteiger partial charge in [0.15, 0.2) is 5.79 Å². The lowest BCUT2D eigenvalue weighted by Crippen LogP contribution is -2.76. The predicted molar refractivity (Wildman–Crippen MR) is 162 cm³/mol. The van der Waals surface area contributed by atoms with E-state index < -0.39 is 22.4 Å². The lowest BCUT2D eigenvalue weighted by Gasteiger charge is -2.72.